The minimum absolute atomic E-state index is 0.0266. The molecule has 2 atom stereocenters. The van der Waals surface area contributed by atoms with Crippen LogP contribution in [-0.4, -0.2) is 41.0 Å². The summed E-state index contributed by atoms with van der Waals surface area (Å²) in [7, 11) is -2.10. The van der Waals surface area contributed by atoms with Gasteiger partial charge in [-0.2, -0.15) is 4.31 Å². The van der Waals surface area contributed by atoms with Crippen molar-refractivity contribution in [2.45, 2.75) is 37.6 Å². The molecule has 1 aliphatic heterocycles. The summed E-state index contributed by atoms with van der Waals surface area (Å²) < 4.78 is 28.1. The summed E-state index contributed by atoms with van der Waals surface area (Å²) in [6.45, 7) is 4.44. The Balaban J connectivity index is 2.40. The summed E-state index contributed by atoms with van der Waals surface area (Å²) in [5.74, 6) is -0.824. The molecule has 7 heteroatoms. The molecule has 1 aromatic rings. The average molecular weight is 300 g/mol. The van der Waals surface area contributed by atoms with Crippen molar-refractivity contribution in [2.75, 3.05) is 6.54 Å². The summed E-state index contributed by atoms with van der Waals surface area (Å²) in [5.41, 5.74) is -0.0266. The van der Waals surface area contributed by atoms with E-state index in [-0.39, 0.29) is 16.6 Å². The van der Waals surface area contributed by atoms with Gasteiger partial charge in [-0.1, -0.05) is 6.92 Å². The SMILES string of the molecule is CC1CCCN(S(=O)(=O)c2cc(C(=O)O)n(C)c2)C1C. The highest BCUT2D eigenvalue weighted by molar-refractivity contribution is 7.89. The lowest BCUT2D eigenvalue weighted by Gasteiger charge is -2.36. The standard InChI is InChI=1S/C13H20N2O4S/c1-9-5-4-6-15(10(9)2)20(18,19)11-7-12(13(16)17)14(3)8-11/h7-10H,4-6H2,1-3H3,(H,16,17). The van der Waals surface area contributed by atoms with Gasteiger partial charge in [0.05, 0.1) is 0 Å². The zero-order chi connectivity index (χ0) is 15.1. The molecule has 2 heterocycles. The summed E-state index contributed by atoms with van der Waals surface area (Å²) in [4.78, 5) is 11.1. The highest BCUT2D eigenvalue weighted by Gasteiger charge is 2.35. The Morgan fingerprint density at radius 3 is 2.60 bits per heavy atom. The fraction of sp³-hybridized carbons (Fsp3) is 0.615. The number of hydrogen-bond donors (Lipinski definition) is 1. The van der Waals surface area contributed by atoms with E-state index < -0.39 is 16.0 Å². The van der Waals surface area contributed by atoms with Gasteiger partial charge in [0.1, 0.15) is 10.6 Å². The maximum atomic E-state index is 12.7. The molecule has 0 bridgehead atoms. The molecule has 0 saturated carbocycles. The van der Waals surface area contributed by atoms with Crippen LogP contribution in [0.25, 0.3) is 0 Å². The molecule has 1 fully saturated rings. The van der Waals surface area contributed by atoms with Crippen molar-refractivity contribution in [3.63, 3.8) is 0 Å². The number of piperidine rings is 1. The van der Waals surface area contributed by atoms with Crippen LogP contribution >= 0.6 is 0 Å². The minimum Gasteiger partial charge on any atom is -0.477 e. The van der Waals surface area contributed by atoms with Gasteiger partial charge in [-0.25, -0.2) is 13.2 Å². The average Bonchev–Trinajstić information content (AvgIpc) is 2.75. The molecule has 0 amide bonds. The van der Waals surface area contributed by atoms with Crippen LogP contribution < -0.4 is 0 Å². The van der Waals surface area contributed by atoms with E-state index in [0.29, 0.717) is 12.5 Å². The van der Waals surface area contributed by atoms with Gasteiger partial charge in [0.2, 0.25) is 10.0 Å². The molecule has 1 aromatic heterocycles. The van der Waals surface area contributed by atoms with E-state index in [0.717, 1.165) is 12.8 Å². The number of hydrogen-bond acceptors (Lipinski definition) is 3. The van der Waals surface area contributed by atoms with E-state index in [1.807, 2.05) is 13.8 Å². The van der Waals surface area contributed by atoms with Gasteiger partial charge in [0, 0.05) is 25.8 Å². The molecular formula is C13H20N2O4S. The van der Waals surface area contributed by atoms with Crippen LogP contribution in [0.3, 0.4) is 0 Å². The summed E-state index contributed by atoms with van der Waals surface area (Å²) >= 11 is 0. The maximum absolute atomic E-state index is 12.7. The van der Waals surface area contributed by atoms with Crippen LogP contribution in [0.4, 0.5) is 0 Å². The molecule has 2 unspecified atom stereocenters. The predicted octanol–water partition coefficient (Wildman–Crippen LogP) is 1.53. The van der Waals surface area contributed by atoms with Crippen LogP contribution in [0.15, 0.2) is 17.2 Å². The lowest BCUT2D eigenvalue weighted by Crippen LogP contribution is -2.45. The second-order valence-corrected chi connectivity index (χ2v) is 7.34. The van der Waals surface area contributed by atoms with Crippen LogP contribution in [0.2, 0.25) is 0 Å². The smallest absolute Gasteiger partial charge is 0.352 e. The first-order chi connectivity index (χ1) is 9.25. The first-order valence-electron chi connectivity index (χ1n) is 6.66. The molecular weight excluding hydrogens is 280 g/mol. The fourth-order valence-electron chi connectivity index (χ4n) is 2.66. The second-order valence-electron chi connectivity index (χ2n) is 5.45. The number of aromatic nitrogens is 1. The molecule has 6 nitrogen and oxygen atoms in total. The number of aryl methyl sites for hydroxylation is 1. The third kappa shape index (κ3) is 2.47. The Kier molecular flexibility index (Phi) is 3.93. The summed E-state index contributed by atoms with van der Waals surface area (Å²) in [6.07, 6.45) is 3.22. The maximum Gasteiger partial charge on any atom is 0.352 e. The van der Waals surface area contributed by atoms with Gasteiger partial charge in [0.15, 0.2) is 0 Å². The first kappa shape index (κ1) is 15.1. The number of carboxylic acids is 1. The topological polar surface area (TPSA) is 79.6 Å². The van der Waals surface area contributed by atoms with E-state index in [1.165, 1.54) is 28.2 Å². The van der Waals surface area contributed by atoms with Crippen molar-refractivity contribution in [2.24, 2.45) is 13.0 Å². The Morgan fingerprint density at radius 1 is 1.40 bits per heavy atom. The van der Waals surface area contributed by atoms with Crippen molar-refractivity contribution in [3.05, 3.63) is 18.0 Å². The molecule has 1 saturated heterocycles. The zero-order valence-electron chi connectivity index (χ0n) is 11.9. The molecule has 0 aliphatic carbocycles. The Hall–Kier alpha value is -1.34. The largest absolute Gasteiger partial charge is 0.477 e. The normalized spacial score (nSPS) is 24.8. The van der Waals surface area contributed by atoms with E-state index in [9.17, 15) is 13.2 Å². The van der Waals surface area contributed by atoms with E-state index in [1.54, 1.807) is 0 Å². The van der Waals surface area contributed by atoms with E-state index in [4.69, 9.17) is 5.11 Å². The lowest BCUT2D eigenvalue weighted by molar-refractivity contribution is 0.0686. The van der Waals surface area contributed by atoms with Gasteiger partial charge in [0.25, 0.3) is 0 Å². The molecule has 0 aromatic carbocycles. The molecule has 112 valence electrons. The van der Waals surface area contributed by atoms with Crippen molar-refractivity contribution < 1.29 is 18.3 Å². The van der Waals surface area contributed by atoms with Crippen LogP contribution in [0.1, 0.15) is 37.2 Å². The molecule has 0 radical (unpaired) electrons. The quantitative estimate of drug-likeness (QED) is 0.918. The van der Waals surface area contributed by atoms with Crippen molar-refractivity contribution in [1.82, 2.24) is 8.87 Å². The number of nitrogens with zero attached hydrogens (tertiary/aromatic N) is 2. The summed E-state index contributed by atoms with van der Waals surface area (Å²) in [6, 6.07) is 1.16. The van der Waals surface area contributed by atoms with Gasteiger partial charge in [-0.3, -0.25) is 0 Å². The van der Waals surface area contributed by atoms with Gasteiger partial charge < -0.3 is 9.67 Å². The van der Waals surface area contributed by atoms with Gasteiger partial charge in [-0.05, 0) is 31.7 Å². The van der Waals surface area contributed by atoms with Crippen LogP contribution in [-0.2, 0) is 17.1 Å². The minimum atomic E-state index is -3.63. The van der Waals surface area contributed by atoms with Crippen molar-refractivity contribution >= 4 is 16.0 Å². The van der Waals surface area contributed by atoms with E-state index in [2.05, 4.69) is 0 Å². The molecule has 0 spiro atoms. The number of aromatic carboxylic acids is 1. The Bertz CT molecular complexity index is 620. The molecule has 1 aliphatic rings. The summed E-state index contributed by atoms with van der Waals surface area (Å²) in [5, 5.41) is 9.02. The van der Waals surface area contributed by atoms with Crippen LogP contribution in [0, 0.1) is 5.92 Å². The zero-order valence-corrected chi connectivity index (χ0v) is 12.7. The first-order valence-corrected chi connectivity index (χ1v) is 8.10. The predicted molar refractivity (Wildman–Crippen MR) is 74.1 cm³/mol. The van der Waals surface area contributed by atoms with Crippen molar-refractivity contribution in [1.29, 1.82) is 0 Å². The van der Waals surface area contributed by atoms with Gasteiger partial charge >= 0.3 is 5.97 Å². The van der Waals surface area contributed by atoms with E-state index >= 15 is 0 Å². The number of carboxylic acid groups (broad SMARTS) is 1. The molecule has 20 heavy (non-hydrogen) atoms. The lowest BCUT2D eigenvalue weighted by atomic mass is 9.94. The second kappa shape index (κ2) is 5.21. The van der Waals surface area contributed by atoms with Gasteiger partial charge in [-0.15, -0.1) is 0 Å². The third-order valence-electron chi connectivity index (χ3n) is 4.12. The Morgan fingerprint density at radius 2 is 2.05 bits per heavy atom. The third-order valence-corrected chi connectivity index (χ3v) is 6.07. The molecule has 2 rings (SSSR count). The Labute approximate surface area is 119 Å². The number of carbonyl (C=O) groups is 1. The number of rotatable bonds is 3. The van der Waals surface area contributed by atoms with Crippen molar-refractivity contribution in [3.8, 4) is 0 Å². The highest BCUT2D eigenvalue weighted by Crippen LogP contribution is 2.29. The fourth-order valence-corrected chi connectivity index (χ4v) is 4.50. The monoisotopic (exact) mass is 300 g/mol. The molecule has 1 N–H and O–H groups in total. The number of sulfonamides is 1. The van der Waals surface area contributed by atoms with Crippen LogP contribution in [0.5, 0.6) is 0 Å². The highest BCUT2D eigenvalue weighted by atomic mass is 32.2.